The molecule has 1 spiro atoms. The highest BCUT2D eigenvalue weighted by Crippen LogP contribution is 2.45. The molecule has 1 aromatic rings. The molecule has 0 saturated carbocycles. The Morgan fingerprint density at radius 3 is 2.52 bits per heavy atom. The van der Waals surface area contributed by atoms with Crippen molar-refractivity contribution in [2.45, 2.75) is 45.6 Å². The molecule has 1 aliphatic carbocycles. The molecule has 1 amide bonds. The Labute approximate surface area is 143 Å². The average Bonchev–Trinajstić information content (AvgIpc) is 2.78. The predicted octanol–water partition coefficient (Wildman–Crippen LogP) is 3.89. The molecule has 0 radical (unpaired) electrons. The molecule has 0 atom stereocenters. The molecule has 0 bridgehead atoms. The highest BCUT2D eigenvalue weighted by Gasteiger charge is 2.46. The Kier molecular flexibility index (Phi) is 4.17. The second kappa shape index (κ2) is 5.86. The molecule has 3 rings (SSSR count). The van der Waals surface area contributed by atoms with Gasteiger partial charge in [0.15, 0.2) is 0 Å². The third-order valence-electron chi connectivity index (χ3n) is 4.78. The molecule has 1 heterocycles. The van der Waals surface area contributed by atoms with Crippen molar-refractivity contribution < 1.29 is 9.53 Å². The van der Waals surface area contributed by atoms with E-state index < -0.39 is 5.60 Å². The van der Waals surface area contributed by atoms with Crippen molar-refractivity contribution in [2.75, 3.05) is 13.1 Å². The van der Waals surface area contributed by atoms with Crippen molar-refractivity contribution in [1.82, 2.24) is 4.90 Å². The molecule has 0 N–H and O–H groups in total. The molecule has 1 fully saturated rings. The number of piperidine rings is 1. The van der Waals surface area contributed by atoms with Gasteiger partial charge in [0, 0.05) is 24.1 Å². The van der Waals surface area contributed by atoms with Crippen LogP contribution in [0, 0.1) is 5.41 Å². The van der Waals surface area contributed by atoms with Gasteiger partial charge in [-0.2, -0.15) is 0 Å². The van der Waals surface area contributed by atoms with Crippen LogP contribution in [0.1, 0.15) is 44.7 Å². The van der Waals surface area contributed by atoms with Gasteiger partial charge in [-0.15, -0.1) is 0 Å². The maximum Gasteiger partial charge on any atom is 0.410 e. The number of fused-ring (bicyclic) bond motifs is 1. The zero-order valence-electron chi connectivity index (χ0n) is 14.0. The van der Waals surface area contributed by atoms with Crippen molar-refractivity contribution in [3.8, 4) is 0 Å². The Morgan fingerprint density at radius 1 is 1.26 bits per heavy atom. The van der Waals surface area contributed by atoms with Crippen molar-refractivity contribution in [2.24, 2.45) is 9.81 Å². The van der Waals surface area contributed by atoms with E-state index >= 15 is 0 Å². The lowest BCUT2D eigenvalue weighted by atomic mass is 9.74. The highest BCUT2D eigenvalue weighted by atomic mass is 32.1. The second-order valence-corrected chi connectivity index (χ2v) is 7.73. The van der Waals surface area contributed by atoms with Crippen LogP contribution >= 0.6 is 12.8 Å². The van der Waals surface area contributed by atoms with Gasteiger partial charge >= 0.3 is 6.09 Å². The van der Waals surface area contributed by atoms with Crippen LogP contribution in [0.25, 0.3) is 0 Å². The summed E-state index contributed by atoms with van der Waals surface area (Å²) in [5.41, 5.74) is 3.21. The Morgan fingerprint density at radius 2 is 1.91 bits per heavy atom. The topological polar surface area (TPSA) is 41.9 Å². The summed E-state index contributed by atoms with van der Waals surface area (Å²) >= 11 is 4.23. The SMILES string of the molecule is CC(C)(C)OC(=O)N1CCC2(CC1)Cc1ccccc1C2=NS. The van der Waals surface area contributed by atoms with Crippen LogP contribution in [-0.4, -0.2) is 35.4 Å². The lowest BCUT2D eigenvalue weighted by molar-refractivity contribution is 0.0159. The van der Waals surface area contributed by atoms with Crippen LogP contribution in [0.3, 0.4) is 0 Å². The fraction of sp³-hybridized carbons (Fsp3) is 0.556. The number of nitrogens with zero attached hydrogens (tertiary/aromatic N) is 2. The van der Waals surface area contributed by atoms with Crippen LogP contribution in [0.5, 0.6) is 0 Å². The van der Waals surface area contributed by atoms with Gasteiger partial charge in [-0.3, -0.25) is 0 Å². The summed E-state index contributed by atoms with van der Waals surface area (Å²) in [7, 11) is 0. The Balaban J connectivity index is 1.73. The van der Waals surface area contributed by atoms with Gasteiger partial charge < -0.3 is 9.64 Å². The van der Waals surface area contributed by atoms with Crippen LogP contribution in [0.2, 0.25) is 0 Å². The molecule has 1 aromatic carbocycles. The van der Waals surface area contributed by atoms with Crippen molar-refractivity contribution in [3.63, 3.8) is 0 Å². The van der Waals surface area contributed by atoms with E-state index in [9.17, 15) is 4.79 Å². The van der Waals surface area contributed by atoms with E-state index in [1.54, 1.807) is 0 Å². The van der Waals surface area contributed by atoms with E-state index in [-0.39, 0.29) is 11.5 Å². The third-order valence-corrected chi connectivity index (χ3v) is 4.98. The first-order valence-electron chi connectivity index (χ1n) is 8.13. The molecule has 1 aliphatic heterocycles. The van der Waals surface area contributed by atoms with E-state index in [2.05, 4.69) is 35.4 Å². The maximum atomic E-state index is 12.2. The molecule has 124 valence electrons. The number of rotatable bonds is 0. The van der Waals surface area contributed by atoms with E-state index in [1.165, 1.54) is 11.1 Å². The monoisotopic (exact) mass is 332 g/mol. The maximum absolute atomic E-state index is 12.2. The number of benzene rings is 1. The minimum absolute atomic E-state index is 0.0178. The number of ether oxygens (including phenoxy) is 1. The molecule has 23 heavy (non-hydrogen) atoms. The summed E-state index contributed by atoms with van der Waals surface area (Å²) in [6, 6.07) is 8.42. The standard InChI is InChI=1S/C18H24N2O2S/c1-17(2,3)22-16(21)20-10-8-18(9-11-20)12-13-6-4-5-7-14(13)15(18)19-23/h4-7,23H,8-12H2,1-3H3. The van der Waals surface area contributed by atoms with Crippen molar-refractivity contribution >= 4 is 24.6 Å². The molecular weight excluding hydrogens is 308 g/mol. The number of likely N-dealkylation sites (tertiary alicyclic amines) is 1. The number of carbonyl (C=O) groups is 1. The normalized spacial score (nSPS) is 21.6. The van der Waals surface area contributed by atoms with E-state index in [1.807, 2.05) is 31.7 Å². The second-order valence-electron chi connectivity index (χ2n) is 7.53. The summed E-state index contributed by atoms with van der Waals surface area (Å²) in [6.07, 6.45) is 2.58. The van der Waals surface area contributed by atoms with Crippen LogP contribution in [-0.2, 0) is 11.2 Å². The number of hydrogen-bond donors (Lipinski definition) is 1. The number of carbonyl (C=O) groups excluding carboxylic acids is 1. The summed E-state index contributed by atoms with van der Waals surface area (Å²) in [5.74, 6) is 0. The fourth-order valence-corrected chi connectivity index (χ4v) is 3.98. The van der Waals surface area contributed by atoms with Crippen molar-refractivity contribution in [3.05, 3.63) is 35.4 Å². The van der Waals surface area contributed by atoms with Crippen molar-refractivity contribution in [1.29, 1.82) is 0 Å². The summed E-state index contributed by atoms with van der Waals surface area (Å²) < 4.78 is 9.80. The summed E-state index contributed by atoms with van der Waals surface area (Å²) in [6.45, 7) is 7.10. The first-order chi connectivity index (χ1) is 10.8. The van der Waals surface area contributed by atoms with E-state index in [4.69, 9.17) is 4.74 Å². The van der Waals surface area contributed by atoms with Gasteiger partial charge in [0.1, 0.15) is 5.60 Å². The summed E-state index contributed by atoms with van der Waals surface area (Å²) in [4.78, 5) is 14.1. The number of amides is 1. The zero-order valence-corrected chi connectivity index (χ0v) is 14.9. The molecule has 4 nitrogen and oxygen atoms in total. The van der Waals surface area contributed by atoms with Crippen LogP contribution in [0.15, 0.2) is 28.7 Å². The quantitative estimate of drug-likeness (QED) is 0.732. The van der Waals surface area contributed by atoms with E-state index in [0.717, 1.165) is 25.0 Å². The van der Waals surface area contributed by atoms with Gasteiger partial charge in [-0.1, -0.05) is 24.3 Å². The zero-order chi connectivity index (χ0) is 16.7. The summed E-state index contributed by atoms with van der Waals surface area (Å²) in [5, 5.41) is 0. The first kappa shape index (κ1) is 16.4. The van der Waals surface area contributed by atoms with Gasteiger partial charge in [0.25, 0.3) is 0 Å². The smallest absolute Gasteiger partial charge is 0.410 e. The molecule has 1 saturated heterocycles. The molecule has 2 aliphatic rings. The van der Waals surface area contributed by atoms with Gasteiger partial charge in [-0.05, 0) is 58.4 Å². The number of hydrogen-bond acceptors (Lipinski definition) is 4. The minimum Gasteiger partial charge on any atom is -0.444 e. The highest BCUT2D eigenvalue weighted by molar-refractivity contribution is 7.79. The van der Waals surface area contributed by atoms with Gasteiger partial charge in [0.2, 0.25) is 0 Å². The minimum atomic E-state index is -0.451. The molecular formula is C18H24N2O2S. The lowest BCUT2D eigenvalue weighted by Gasteiger charge is -2.39. The lowest BCUT2D eigenvalue weighted by Crippen LogP contribution is -2.47. The third kappa shape index (κ3) is 3.11. The molecule has 5 heteroatoms. The average molecular weight is 332 g/mol. The van der Waals surface area contributed by atoms with Crippen LogP contribution in [0.4, 0.5) is 4.79 Å². The Hall–Kier alpha value is -1.49. The fourth-order valence-electron chi connectivity index (χ4n) is 3.66. The first-order valence-corrected chi connectivity index (χ1v) is 8.53. The largest absolute Gasteiger partial charge is 0.444 e. The number of thiol groups is 1. The molecule has 0 unspecified atom stereocenters. The van der Waals surface area contributed by atoms with Crippen LogP contribution < -0.4 is 0 Å². The van der Waals surface area contributed by atoms with Gasteiger partial charge in [0.05, 0.1) is 5.71 Å². The Bertz CT molecular complexity index is 641. The molecule has 0 aromatic heterocycles. The predicted molar refractivity (Wildman–Crippen MR) is 95.1 cm³/mol. The van der Waals surface area contributed by atoms with E-state index in [0.29, 0.717) is 13.1 Å². The van der Waals surface area contributed by atoms with Gasteiger partial charge in [-0.25, -0.2) is 9.19 Å².